The molecule has 1 amide bonds. The second kappa shape index (κ2) is 4.96. The summed E-state index contributed by atoms with van der Waals surface area (Å²) in [5.41, 5.74) is 0.149. The molecule has 0 saturated carbocycles. The van der Waals surface area contributed by atoms with E-state index in [0.717, 1.165) is 0 Å². The maximum absolute atomic E-state index is 11.8. The number of amides is 1. The highest BCUT2D eigenvalue weighted by molar-refractivity contribution is 6.04. The quantitative estimate of drug-likeness (QED) is 0.812. The van der Waals surface area contributed by atoms with Gasteiger partial charge in [-0.1, -0.05) is 0 Å². The minimum absolute atomic E-state index is 0.0218. The second-order valence-electron chi connectivity index (χ2n) is 6.34. The lowest BCUT2D eigenvalue weighted by Gasteiger charge is -2.40. The normalized spacial score (nSPS) is 23.4. The zero-order valence-electron chi connectivity index (χ0n) is 12.3. The molecule has 1 saturated heterocycles. The molecule has 1 N–H and O–H groups in total. The summed E-state index contributed by atoms with van der Waals surface area (Å²) in [5, 5.41) is 15.1. The third-order valence-corrected chi connectivity index (χ3v) is 3.34. The Balaban J connectivity index is 1.91. The summed E-state index contributed by atoms with van der Waals surface area (Å²) in [6.07, 6.45) is -0.354. The fraction of sp³-hybridized carbons (Fsp3) is 0.769. The number of likely N-dealkylation sites (tertiary alicyclic amines) is 1. The molecule has 2 heterocycles. The Bertz CT molecular complexity index is 449. The first kappa shape index (κ1) is 14.6. The molecular formula is C13H21N3O4. The molecule has 0 aliphatic carbocycles. The molecule has 2 aliphatic rings. The highest BCUT2D eigenvalue weighted by Crippen LogP contribution is 2.27. The summed E-state index contributed by atoms with van der Waals surface area (Å²) in [4.78, 5) is 24.6. The van der Waals surface area contributed by atoms with E-state index in [1.807, 2.05) is 20.8 Å². The molecule has 112 valence electrons. The van der Waals surface area contributed by atoms with Crippen LogP contribution in [0.2, 0.25) is 0 Å². The Hall–Kier alpha value is -1.79. The summed E-state index contributed by atoms with van der Waals surface area (Å²) in [5.74, 6) is -1.40. The zero-order chi connectivity index (χ0) is 15.1. The van der Waals surface area contributed by atoms with Crippen molar-refractivity contribution in [2.24, 2.45) is 16.9 Å². The van der Waals surface area contributed by atoms with E-state index in [9.17, 15) is 14.7 Å². The number of carboxylic acids is 1. The van der Waals surface area contributed by atoms with Crippen molar-refractivity contribution in [3.8, 4) is 0 Å². The van der Waals surface area contributed by atoms with Crippen LogP contribution < -0.4 is 0 Å². The summed E-state index contributed by atoms with van der Waals surface area (Å²) < 4.78 is 5.27. The average Bonchev–Trinajstić information content (AvgIpc) is 2.55. The molecular weight excluding hydrogens is 262 g/mol. The second-order valence-corrected chi connectivity index (χ2v) is 6.34. The molecule has 7 heteroatoms. The number of carbonyl (C=O) groups is 2. The van der Waals surface area contributed by atoms with Crippen LogP contribution in [0.1, 0.15) is 20.8 Å². The number of ether oxygens (including phenoxy) is 1. The van der Waals surface area contributed by atoms with Crippen molar-refractivity contribution in [1.29, 1.82) is 0 Å². The van der Waals surface area contributed by atoms with Gasteiger partial charge in [0.05, 0.1) is 12.3 Å². The van der Waals surface area contributed by atoms with Crippen molar-refractivity contribution < 1.29 is 19.4 Å². The van der Waals surface area contributed by atoms with Crippen LogP contribution in [0.15, 0.2) is 5.10 Å². The third-order valence-electron chi connectivity index (χ3n) is 3.34. The molecule has 0 radical (unpaired) electrons. The maximum Gasteiger partial charge on any atom is 0.410 e. The first-order chi connectivity index (χ1) is 9.17. The van der Waals surface area contributed by atoms with Crippen molar-refractivity contribution in [3.63, 3.8) is 0 Å². The first-order valence-electron chi connectivity index (χ1n) is 6.67. The van der Waals surface area contributed by atoms with E-state index in [1.54, 1.807) is 17.0 Å². The number of rotatable bonds is 2. The molecule has 1 atom stereocenters. The van der Waals surface area contributed by atoms with Gasteiger partial charge in [-0.25, -0.2) is 4.79 Å². The number of carbonyl (C=O) groups excluding carboxylic acids is 1. The van der Waals surface area contributed by atoms with E-state index in [0.29, 0.717) is 25.3 Å². The predicted octanol–water partition coefficient (Wildman–Crippen LogP) is 0.855. The van der Waals surface area contributed by atoms with Crippen LogP contribution in [0, 0.1) is 11.8 Å². The van der Waals surface area contributed by atoms with Gasteiger partial charge >= 0.3 is 12.1 Å². The number of hydrogen-bond acceptors (Lipinski definition) is 5. The number of carboxylic acid groups (broad SMARTS) is 1. The summed E-state index contributed by atoms with van der Waals surface area (Å²) in [7, 11) is 1.76. The molecule has 0 aromatic rings. The largest absolute Gasteiger partial charge is 0.481 e. The van der Waals surface area contributed by atoms with Gasteiger partial charge in [-0.2, -0.15) is 5.10 Å². The third kappa shape index (κ3) is 3.02. The van der Waals surface area contributed by atoms with Gasteiger partial charge in [-0.05, 0) is 20.8 Å². The van der Waals surface area contributed by atoms with Gasteiger partial charge in [0, 0.05) is 26.1 Å². The van der Waals surface area contributed by atoms with Crippen molar-refractivity contribution in [1.82, 2.24) is 9.91 Å². The lowest BCUT2D eigenvalue weighted by Crippen LogP contribution is -2.55. The SMILES string of the molecule is CN1CC(C(=O)O)C(C2CN(C(=O)OC(C)(C)C)C2)=N1. The fourth-order valence-corrected chi connectivity index (χ4v) is 2.38. The molecule has 7 nitrogen and oxygen atoms in total. The highest BCUT2D eigenvalue weighted by Gasteiger charge is 2.43. The maximum atomic E-state index is 11.8. The monoisotopic (exact) mass is 283 g/mol. The van der Waals surface area contributed by atoms with Crippen molar-refractivity contribution >= 4 is 17.8 Å². The van der Waals surface area contributed by atoms with E-state index in [-0.39, 0.29) is 12.0 Å². The standard InChI is InChI=1S/C13H21N3O4/c1-13(2,3)20-12(19)16-5-8(6-16)10-9(11(17)18)7-15(4)14-10/h8-9H,5-7H2,1-4H3,(H,17,18). The molecule has 0 spiro atoms. The molecule has 0 aromatic heterocycles. The number of nitrogens with zero attached hydrogens (tertiary/aromatic N) is 3. The van der Waals surface area contributed by atoms with E-state index in [2.05, 4.69) is 5.10 Å². The van der Waals surface area contributed by atoms with Gasteiger partial charge in [0.2, 0.25) is 0 Å². The van der Waals surface area contributed by atoms with Crippen LogP contribution in [-0.4, -0.2) is 65.1 Å². The predicted molar refractivity (Wildman–Crippen MR) is 72.5 cm³/mol. The van der Waals surface area contributed by atoms with Crippen LogP contribution >= 0.6 is 0 Å². The molecule has 1 fully saturated rings. The number of aliphatic carboxylic acids is 1. The van der Waals surface area contributed by atoms with Crippen LogP contribution in [0.3, 0.4) is 0 Å². The van der Waals surface area contributed by atoms with Crippen LogP contribution in [-0.2, 0) is 9.53 Å². The van der Waals surface area contributed by atoms with E-state index >= 15 is 0 Å². The van der Waals surface area contributed by atoms with Gasteiger partial charge in [-0.3, -0.25) is 9.80 Å². The minimum atomic E-state index is -0.858. The van der Waals surface area contributed by atoms with Gasteiger partial charge in [0.25, 0.3) is 0 Å². The van der Waals surface area contributed by atoms with Gasteiger partial charge in [-0.15, -0.1) is 0 Å². The average molecular weight is 283 g/mol. The van der Waals surface area contributed by atoms with E-state index in [4.69, 9.17) is 4.74 Å². The smallest absolute Gasteiger partial charge is 0.410 e. The lowest BCUT2D eigenvalue weighted by atomic mass is 9.87. The van der Waals surface area contributed by atoms with Crippen molar-refractivity contribution in [3.05, 3.63) is 0 Å². The first-order valence-corrected chi connectivity index (χ1v) is 6.67. The topological polar surface area (TPSA) is 82.4 Å². The fourth-order valence-electron chi connectivity index (χ4n) is 2.38. The minimum Gasteiger partial charge on any atom is -0.481 e. The molecule has 2 rings (SSSR count). The summed E-state index contributed by atoms with van der Waals surface area (Å²) >= 11 is 0. The van der Waals surface area contributed by atoms with Crippen molar-refractivity contribution in [2.75, 3.05) is 26.7 Å². The summed E-state index contributed by atoms with van der Waals surface area (Å²) in [6.45, 7) is 6.81. The van der Waals surface area contributed by atoms with Gasteiger partial charge in [0.15, 0.2) is 0 Å². The Morgan fingerprint density at radius 3 is 2.40 bits per heavy atom. The molecule has 2 aliphatic heterocycles. The van der Waals surface area contributed by atoms with Gasteiger partial charge < -0.3 is 14.7 Å². The molecule has 20 heavy (non-hydrogen) atoms. The van der Waals surface area contributed by atoms with Crippen molar-refractivity contribution in [2.45, 2.75) is 26.4 Å². The highest BCUT2D eigenvalue weighted by atomic mass is 16.6. The molecule has 1 unspecified atom stereocenters. The molecule has 0 aromatic carbocycles. The Morgan fingerprint density at radius 2 is 1.90 bits per heavy atom. The zero-order valence-corrected chi connectivity index (χ0v) is 12.3. The molecule has 0 bridgehead atoms. The Kier molecular flexibility index (Phi) is 3.62. The van der Waals surface area contributed by atoms with Crippen LogP contribution in [0.5, 0.6) is 0 Å². The Morgan fingerprint density at radius 1 is 1.30 bits per heavy atom. The number of hydrazone groups is 1. The van der Waals surface area contributed by atoms with Gasteiger partial charge in [0.1, 0.15) is 11.5 Å². The summed E-state index contributed by atoms with van der Waals surface area (Å²) in [6, 6.07) is 0. The van der Waals surface area contributed by atoms with E-state index in [1.165, 1.54) is 0 Å². The van der Waals surface area contributed by atoms with Crippen LogP contribution in [0.4, 0.5) is 4.79 Å². The van der Waals surface area contributed by atoms with Crippen LogP contribution in [0.25, 0.3) is 0 Å². The Labute approximate surface area is 118 Å². The lowest BCUT2D eigenvalue weighted by molar-refractivity contribution is -0.139. The number of hydrogen-bond donors (Lipinski definition) is 1. The van der Waals surface area contributed by atoms with E-state index < -0.39 is 17.5 Å².